The van der Waals surface area contributed by atoms with Gasteiger partial charge >= 0.3 is 23.9 Å². The Hall–Kier alpha value is -6.88. The Balaban J connectivity index is 1.70. The highest BCUT2D eigenvalue weighted by atomic mass is 16.6. The van der Waals surface area contributed by atoms with Gasteiger partial charge in [-0.05, 0) is 77.2 Å². The smallest absolute Gasteiger partial charge is 0.335 e. The summed E-state index contributed by atoms with van der Waals surface area (Å²) in [6.07, 6.45) is 4.31. The maximum absolute atomic E-state index is 12.4. The molecule has 0 bridgehead atoms. The molecule has 0 aliphatic heterocycles. The molecular weight excluding hydrogens is 692 g/mol. The van der Waals surface area contributed by atoms with E-state index in [0.29, 0.717) is 28.4 Å². The number of esters is 4. The molecule has 0 amide bonds. The molecule has 1 aliphatic carbocycles. The molecule has 0 N–H and O–H groups in total. The van der Waals surface area contributed by atoms with Crippen LogP contribution < -0.4 is 23.7 Å². The van der Waals surface area contributed by atoms with Crippen molar-refractivity contribution in [3.8, 4) is 39.9 Å². The lowest BCUT2D eigenvalue weighted by molar-refractivity contribution is -0.139. The second kappa shape index (κ2) is 17.6. The van der Waals surface area contributed by atoms with Crippen LogP contribution in [0.1, 0.15) is 29.2 Å². The fourth-order valence-corrected chi connectivity index (χ4v) is 6.19. The van der Waals surface area contributed by atoms with Gasteiger partial charge in [0.2, 0.25) is 0 Å². The van der Waals surface area contributed by atoms with Gasteiger partial charge in [-0.15, -0.1) is 0 Å². The van der Waals surface area contributed by atoms with Gasteiger partial charge in [-0.3, -0.25) is 0 Å². The van der Waals surface area contributed by atoms with E-state index in [0.717, 1.165) is 46.6 Å². The van der Waals surface area contributed by atoms with Crippen LogP contribution in [0.4, 0.5) is 0 Å². The molecule has 0 atom stereocenters. The van der Waals surface area contributed by atoms with E-state index in [9.17, 15) is 19.2 Å². The minimum absolute atomic E-state index is 0.0393. The number of benzene rings is 4. The van der Waals surface area contributed by atoms with E-state index in [-0.39, 0.29) is 44.5 Å². The third kappa shape index (κ3) is 8.26. The fraction of sp³-hybridized carbons (Fsp3) is 0.163. The highest BCUT2D eigenvalue weighted by molar-refractivity contribution is 5.92. The number of rotatable bonds is 18. The zero-order chi connectivity index (χ0) is 38.7. The Kier molecular flexibility index (Phi) is 12.5. The van der Waals surface area contributed by atoms with Gasteiger partial charge < -0.3 is 33.2 Å². The Morgan fingerprint density at radius 1 is 0.537 bits per heavy atom. The van der Waals surface area contributed by atoms with Crippen LogP contribution >= 0.6 is 0 Å². The highest BCUT2D eigenvalue weighted by Crippen LogP contribution is 2.60. The van der Waals surface area contributed by atoms with Crippen LogP contribution in [0.25, 0.3) is 11.1 Å². The van der Waals surface area contributed by atoms with Crippen LogP contribution in [-0.4, -0.2) is 56.9 Å². The quantitative estimate of drug-likeness (QED) is 0.0406. The Labute approximate surface area is 312 Å². The van der Waals surface area contributed by atoms with Gasteiger partial charge in [0, 0.05) is 35.9 Å². The molecule has 0 aromatic heterocycles. The summed E-state index contributed by atoms with van der Waals surface area (Å²) in [6.45, 7) is 16.3. The second-order valence-electron chi connectivity index (χ2n) is 11.5. The molecule has 1 aliphatic rings. The molecule has 0 spiro atoms. The summed E-state index contributed by atoms with van der Waals surface area (Å²) in [4.78, 5) is 47.6. The van der Waals surface area contributed by atoms with E-state index < -0.39 is 29.3 Å². The van der Waals surface area contributed by atoms with Crippen molar-refractivity contribution in [1.82, 2.24) is 0 Å². The lowest BCUT2D eigenvalue weighted by Crippen LogP contribution is -2.29. The molecule has 54 heavy (non-hydrogen) atoms. The van der Waals surface area contributed by atoms with E-state index in [2.05, 4.69) is 26.3 Å². The predicted molar refractivity (Wildman–Crippen MR) is 200 cm³/mol. The van der Waals surface area contributed by atoms with Crippen molar-refractivity contribution in [2.45, 2.75) is 12.3 Å². The van der Waals surface area contributed by atoms with Gasteiger partial charge in [-0.2, -0.15) is 0 Å². The average molecular weight is 731 g/mol. The van der Waals surface area contributed by atoms with E-state index >= 15 is 0 Å². The minimum Gasteiger partial charge on any atom is -0.493 e. The van der Waals surface area contributed by atoms with E-state index in [1.165, 1.54) is 0 Å². The molecule has 4 aromatic carbocycles. The van der Waals surface area contributed by atoms with Gasteiger partial charge in [0.1, 0.15) is 55.2 Å². The van der Waals surface area contributed by atoms with Crippen molar-refractivity contribution in [2.24, 2.45) is 0 Å². The van der Waals surface area contributed by atoms with E-state index in [4.69, 9.17) is 33.2 Å². The molecule has 4 aromatic rings. The van der Waals surface area contributed by atoms with Crippen molar-refractivity contribution in [2.75, 3.05) is 33.0 Å². The van der Waals surface area contributed by atoms with Crippen LogP contribution in [0.5, 0.6) is 28.7 Å². The first kappa shape index (κ1) is 38.4. The molecular formula is C43H38O11. The maximum Gasteiger partial charge on any atom is 0.335 e. The molecule has 0 heterocycles. The minimum atomic E-state index is -1.06. The van der Waals surface area contributed by atoms with Crippen molar-refractivity contribution in [1.29, 1.82) is 0 Å². The normalized spacial score (nSPS) is 11.8. The van der Waals surface area contributed by atoms with Crippen molar-refractivity contribution in [3.05, 3.63) is 152 Å². The molecule has 11 nitrogen and oxygen atoms in total. The number of hydrogen-bond donors (Lipinski definition) is 0. The van der Waals surface area contributed by atoms with E-state index in [1.807, 2.05) is 61.5 Å². The summed E-state index contributed by atoms with van der Waals surface area (Å²) >= 11 is 0. The lowest BCUT2D eigenvalue weighted by atomic mass is 9.67. The van der Waals surface area contributed by atoms with Crippen molar-refractivity contribution in [3.63, 3.8) is 0 Å². The molecule has 0 saturated carbocycles. The topological polar surface area (TPSA) is 133 Å². The van der Waals surface area contributed by atoms with Crippen LogP contribution in [0.15, 0.2) is 129 Å². The first-order chi connectivity index (χ1) is 26.2. The van der Waals surface area contributed by atoms with Crippen LogP contribution in [0, 0.1) is 0 Å². The zero-order valence-electron chi connectivity index (χ0n) is 29.7. The summed E-state index contributed by atoms with van der Waals surface area (Å²) < 4.78 is 39.3. The highest BCUT2D eigenvalue weighted by Gasteiger charge is 2.49. The first-order valence-electron chi connectivity index (χ1n) is 16.9. The molecule has 0 saturated heterocycles. The monoisotopic (exact) mass is 730 g/mol. The number of hydrogen-bond acceptors (Lipinski definition) is 11. The fourth-order valence-electron chi connectivity index (χ4n) is 6.19. The van der Waals surface area contributed by atoms with Crippen molar-refractivity contribution >= 4 is 23.9 Å². The average Bonchev–Trinajstić information content (AvgIpc) is 3.48. The summed E-state index contributed by atoms with van der Waals surface area (Å²) in [7, 11) is 0. The van der Waals surface area contributed by atoms with Gasteiger partial charge in [0.05, 0.1) is 12.0 Å². The molecule has 0 fully saturated rings. The standard InChI is InChI=1S/C43H38O11/c1-6-38(44)51-23-21-49-30-15-11-28(12-16-30)43(29-13-17-31(18-14-29)50-22-24-52-39(45)7-2)36-20-19-32(53-40(46)8-3)25-34(36)35-26-33(54-41(47)9-4)27-37(42(35)43)48-10-5/h6-9,11-20,25-27H,1-4,10,21-24H2,5H3. The Morgan fingerprint density at radius 3 is 1.48 bits per heavy atom. The maximum atomic E-state index is 12.4. The van der Waals surface area contributed by atoms with Crippen molar-refractivity contribution < 1.29 is 52.3 Å². The van der Waals surface area contributed by atoms with Crippen LogP contribution in [-0.2, 0) is 34.1 Å². The Morgan fingerprint density at radius 2 is 1.00 bits per heavy atom. The van der Waals surface area contributed by atoms with Gasteiger partial charge in [-0.25, -0.2) is 19.2 Å². The summed E-state index contributed by atoms with van der Waals surface area (Å²) in [5.41, 5.74) is 3.45. The Bertz CT molecular complexity index is 2010. The number of carbonyl (C=O) groups excluding carboxylic acids is 4. The molecule has 0 radical (unpaired) electrons. The van der Waals surface area contributed by atoms with Gasteiger partial charge in [0.25, 0.3) is 0 Å². The van der Waals surface area contributed by atoms with Crippen LogP contribution in [0.3, 0.4) is 0 Å². The molecule has 0 unspecified atom stereocenters. The van der Waals surface area contributed by atoms with Gasteiger partial charge in [-0.1, -0.05) is 56.6 Å². The van der Waals surface area contributed by atoms with E-state index in [1.54, 1.807) is 24.3 Å². The largest absolute Gasteiger partial charge is 0.493 e. The molecule has 276 valence electrons. The number of ether oxygens (including phenoxy) is 7. The molecule has 11 heteroatoms. The summed E-state index contributed by atoms with van der Waals surface area (Å²) in [6, 6.07) is 23.7. The van der Waals surface area contributed by atoms with Crippen LogP contribution in [0.2, 0.25) is 0 Å². The second-order valence-corrected chi connectivity index (χ2v) is 11.5. The summed E-state index contributed by atoms with van der Waals surface area (Å²) in [5.74, 6) is -0.372. The van der Waals surface area contributed by atoms with Gasteiger partial charge in [0.15, 0.2) is 0 Å². The predicted octanol–water partition coefficient (Wildman–Crippen LogP) is 6.85. The molecule has 5 rings (SSSR count). The SMILES string of the molecule is C=CC(=O)OCCOc1ccc(C2(c3ccc(OCCOC(=O)C=C)cc3)c3ccc(OC(=O)C=C)cc3-c3cc(OC(=O)C=C)cc(OCC)c32)cc1. The summed E-state index contributed by atoms with van der Waals surface area (Å²) in [5, 5.41) is 0. The third-order valence-electron chi connectivity index (χ3n) is 8.31. The first-order valence-corrected chi connectivity index (χ1v) is 16.9. The zero-order valence-corrected chi connectivity index (χ0v) is 29.7. The number of fused-ring (bicyclic) bond motifs is 3. The third-order valence-corrected chi connectivity index (χ3v) is 8.31. The lowest BCUT2D eigenvalue weighted by Gasteiger charge is -2.35. The number of carbonyl (C=O) groups is 4.